The van der Waals surface area contributed by atoms with Gasteiger partial charge in [0, 0.05) is 32.2 Å². The van der Waals surface area contributed by atoms with Crippen molar-refractivity contribution < 1.29 is 8.42 Å². The lowest BCUT2D eigenvalue weighted by Crippen LogP contribution is -2.53. The van der Waals surface area contributed by atoms with Crippen LogP contribution in [-0.2, 0) is 16.6 Å². The first-order valence-electron chi connectivity index (χ1n) is 7.02. The molecule has 0 amide bonds. The third-order valence-electron chi connectivity index (χ3n) is 3.93. The zero-order valence-electron chi connectivity index (χ0n) is 12.1. The first kappa shape index (κ1) is 15.4. The van der Waals surface area contributed by atoms with Crippen LogP contribution in [0.25, 0.3) is 0 Å². The van der Waals surface area contributed by atoms with Gasteiger partial charge in [0.25, 0.3) is 0 Å². The van der Waals surface area contributed by atoms with E-state index in [1.165, 1.54) is 0 Å². The molecule has 1 aliphatic rings. The lowest BCUT2D eigenvalue weighted by Gasteiger charge is -2.38. The number of benzene rings is 1. The Morgan fingerprint density at radius 1 is 1.25 bits per heavy atom. The molecule has 0 aliphatic carbocycles. The predicted molar refractivity (Wildman–Crippen MR) is 79.8 cm³/mol. The molecule has 1 unspecified atom stereocenters. The van der Waals surface area contributed by atoms with Gasteiger partial charge in [-0.1, -0.05) is 19.1 Å². The number of nitrogens with two attached hydrogens (primary N) is 1. The molecule has 0 spiro atoms. The Bertz CT molecular complexity index is 542. The van der Waals surface area contributed by atoms with Crippen LogP contribution in [0, 0.1) is 0 Å². The van der Waals surface area contributed by atoms with Crippen LogP contribution in [0.4, 0.5) is 0 Å². The molecule has 5 nitrogen and oxygen atoms in total. The van der Waals surface area contributed by atoms with Crippen molar-refractivity contribution in [3.63, 3.8) is 0 Å². The van der Waals surface area contributed by atoms with Gasteiger partial charge in [-0.3, -0.25) is 4.90 Å². The predicted octanol–water partition coefficient (Wildman–Crippen LogP) is 0.860. The average Bonchev–Trinajstić information content (AvgIpc) is 2.47. The lowest BCUT2D eigenvalue weighted by molar-refractivity contribution is 0.135. The maximum atomic E-state index is 12.6. The van der Waals surface area contributed by atoms with Gasteiger partial charge in [0.15, 0.2) is 0 Å². The van der Waals surface area contributed by atoms with Gasteiger partial charge in [0.1, 0.15) is 0 Å². The summed E-state index contributed by atoms with van der Waals surface area (Å²) in [5.41, 5.74) is 6.47. The van der Waals surface area contributed by atoms with Crippen LogP contribution in [0.15, 0.2) is 29.2 Å². The van der Waals surface area contributed by atoms with Gasteiger partial charge in [-0.05, 0) is 31.2 Å². The summed E-state index contributed by atoms with van der Waals surface area (Å²) < 4.78 is 26.8. The fraction of sp³-hybridized carbons (Fsp3) is 0.571. The molecule has 1 fully saturated rings. The zero-order chi connectivity index (χ0) is 14.8. The van der Waals surface area contributed by atoms with E-state index in [1.54, 1.807) is 28.6 Å². The third-order valence-corrected chi connectivity index (χ3v) is 5.81. The molecule has 1 heterocycles. The van der Waals surface area contributed by atoms with E-state index < -0.39 is 10.0 Å². The molecule has 1 saturated heterocycles. The first-order valence-corrected chi connectivity index (χ1v) is 8.46. The van der Waals surface area contributed by atoms with Crippen LogP contribution in [0.1, 0.15) is 19.4 Å². The fourth-order valence-corrected chi connectivity index (χ4v) is 4.11. The number of hydrogen-bond donors (Lipinski definition) is 1. The zero-order valence-corrected chi connectivity index (χ0v) is 12.9. The smallest absolute Gasteiger partial charge is 0.243 e. The molecule has 1 aliphatic heterocycles. The van der Waals surface area contributed by atoms with E-state index in [-0.39, 0.29) is 6.04 Å². The number of rotatable bonds is 4. The Morgan fingerprint density at radius 3 is 2.40 bits per heavy atom. The minimum atomic E-state index is -3.39. The quantitative estimate of drug-likeness (QED) is 0.895. The fourth-order valence-electron chi connectivity index (χ4n) is 2.60. The number of nitrogens with zero attached hydrogens (tertiary/aromatic N) is 2. The highest BCUT2D eigenvalue weighted by molar-refractivity contribution is 7.89. The minimum absolute atomic E-state index is 0.256. The summed E-state index contributed by atoms with van der Waals surface area (Å²) in [6.45, 7) is 7.45. The normalized spacial score (nSPS) is 22.1. The molecule has 20 heavy (non-hydrogen) atoms. The molecule has 0 bridgehead atoms. The van der Waals surface area contributed by atoms with Gasteiger partial charge in [-0.2, -0.15) is 4.31 Å². The molecule has 6 heteroatoms. The second-order valence-corrected chi connectivity index (χ2v) is 7.13. The van der Waals surface area contributed by atoms with Crippen molar-refractivity contribution in [3.8, 4) is 0 Å². The van der Waals surface area contributed by atoms with E-state index in [4.69, 9.17) is 5.73 Å². The molecule has 1 atom stereocenters. The second-order valence-electron chi connectivity index (χ2n) is 5.19. The van der Waals surface area contributed by atoms with Gasteiger partial charge < -0.3 is 5.73 Å². The Labute approximate surface area is 121 Å². The van der Waals surface area contributed by atoms with E-state index in [0.29, 0.717) is 24.5 Å². The van der Waals surface area contributed by atoms with Crippen LogP contribution in [-0.4, -0.2) is 49.8 Å². The Hall–Kier alpha value is -0.950. The molecule has 2 N–H and O–H groups in total. The van der Waals surface area contributed by atoms with E-state index in [0.717, 1.165) is 18.7 Å². The highest BCUT2D eigenvalue weighted by Crippen LogP contribution is 2.20. The standard InChI is InChI=1S/C14H23N3O2S/c1-3-16-8-9-17(11-12(16)2)20(18,19)14-6-4-13(10-15)5-7-14/h4-7,12H,3,8-11,15H2,1-2H3. The summed E-state index contributed by atoms with van der Waals surface area (Å²) in [4.78, 5) is 2.65. The number of piperazine rings is 1. The number of hydrogen-bond acceptors (Lipinski definition) is 4. The second kappa shape index (κ2) is 6.22. The van der Waals surface area contributed by atoms with Gasteiger partial charge in [0.05, 0.1) is 4.90 Å². The van der Waals surface area contributed by atoms with Crippen molar-refractivity contribution in [3.05, 3.63) is 29.8 Å². The summed E-state index contributed by atoms with van der Waals surface area (Å²) in [5.74, 6) is 0. The van der Waals surface area contributed by atoms with E-state index in [2.05, 4.69) is 18.7 Å². The monoisotopic (exact) mass is 297 g/mol. The summed E-state index contributed by atoms with van der Waals surface area (Å²) in [7, 11) is -3.39. The molecule has 2 rings (SSSR count). The van der Waals surface area contributed by atoms with Crippen LogP contribution in [0.2, 0.25) is 0 Å². The summed E-state index contributed by atoms with van der Waals surface area (Å²) in [5, 5.41) is 0. The van der Waals surface area contributed by atoms with Crippen molar-refractivity contribution in [1.82, 2.24) is 9.21 Å². The van der Waals surface area contributed by atoms with Crippen molar-refractivity contribution in [2.24, 2.45) is 5.73 Å². The maximum absolute atomic E-state index is 12.6. The third kappa shape index (κ3) is 3.03. The average molecular weight is 297 g/mol. The van der Waals surface area contributed by atoms with Crippen molar-refractivity contribution >= 4 is 10.0 Å². The molecule has 1 aromatic carbocycles. The van der Waals surface area contributed by atoms with Crippen LogP contribution >= 0.6 is 0 Å². The summed E-state index contributed by atoms with van der Waals surface area (Å²) in [6, 6.07) is 7.10. The van der Waals surface area contributed by atoms with Crippen LogP contribution in [0.3, 0.4) is 0 Å². The summed E-state index contributed by atoms with van der Waals surface area (Å²) in [6.07, 6.45) is 0. The minimum Gasteiger partial charge on any atom is -0.326 e. The Morgan fingerprint density at radius 2 is 1.90 bits per heavy atom. The van der Waals surface area contributed by atoms with Crippen LogP contribution < -0.4 is 5.73 Å². The van der Waals surface area contributed by atoms with Gasteiger partial charge >= 0.3 is 0 Å². The van der Waals surface area contributed by atoms with E-state index >= 15 is 0 Å². The van der Waals surface area contributed by atoms with E-state index in [9.17, 15) is 8.42 Å². The molecule has 0 saturated carbocycles. The van der Waals surface area contributed by atoms with Crippen molar-refractivity contribution in [2.75, 3.05) is 26.2 Å². The highest BCUT2D eigenvalue weighted by Gasteiger charge is 2.31. The maximum Gasteiger partial charge on any atom is 0.243 e. The topological polar surface area (TPSA) is 66.6 Å². The molecule has 0 aromatic heterocycles. The van der Waals surface area contributed by atoms with Crippen molar-refractivity contribution in [2.45, 2.75) is 31.3 Å². The van der Waals surface area contributed by atoms with Gasteiger partial charge in [0.2, 0.25) is 10.0 Å². The summed E-state index contributed by atoms with van der Waals surface area (Å²) >= 11 is 0. The van der Waals surface area contributed by atoms with Gasteiger partial charge in [-0.15, -0.1) is 0 Å². The molecule has 112 valence electrons. The first-order chi connectivity index (χ1) is 9.48. The Kier molecular flexibility index (Phi) is 4.80. The molecular formula is C14H23N3O2S. The molecule has 1 aromatic rings. The van der Waals surface area contributed by atoms with Crippen molar-refractivity contribution in [1.29, 1.82) is 0 Å². The number of sulfonamides is 1. The van der Waals surface area contributed by atoms with E-state index in [1.807, 2.05) is 0 Å². The number of likely N-dealkylation sites (N-methyl/N-ethyl adjacent to an activating group) is 1. The molecule has 0 radical (unpaired) electrons. The lowest BCUT2D eigenvalue weighted by atomic mass is 10.2. The van der Waals surface area contributed by atoms with Crippen LogP contribution in [0.5, 0.6) is 0 Å². The molecular weight excluding hydrogens is 274 g/mol. The Balaban J connectivity index is 2.18. The SMILES string of the molecule is CCN1CCN(S(=O)(=O)c2ccc(CN)cc2)CC1C. The van der Waals surface area contributed by atoms with Gasteiger partial charge in [-0.25, -0.2) is 8.42 Å². The highest BCUT2D eigenvalue weighted by atomic mass is 32.2. The largest absolute Gasteiger partial charge is 0.326 e.